The van der Waals surface area contributed by atoms with Crippen molar-refractivity contribution in [1.29, 1.82) is 0 Å². The Labute approximate surface area is 108 Å². The van der Waals surface area contributed by atoms with Crippen LogP contribution in [-0.2, 0) is 4.74 Å². The number of aryl methyl sites for hydroxylation is 1. The molecule has 0 aliphatic heterocycles. The summed E-state index contributed by atoms with van der Waals surface area (Å²) in [5.74, 6) is -1.54. The van der Waals surface area contributed by atoms with Gasteiger partial charge in [0.25, 0.3) is 0 Å². The Morgan fingerprint density at radius 2 is 2.06 bits per heavy atom. The summed E-state index contributed by atoms with van der Waals surface area (Å²) < 4.78 is 44.7. The third-order valence-corrected chi connectivity index (χ3v) is 2.46. The molecule has 0 amide bonds. The van der Waals surface area contributed by atoms with Crippen LogP contribution in [0.4, 0.5) is 13.2 Å². The molecule has 4 nitrogen and oxygen atoms in total. The topological polar surface area (TPSA) is 48.4 Å². The highest BCUT2D eigenvalue weighted by molar-refractivity contribution is 14.1. The van der Waals surface area contributed by atoms with Gasteiger partial charge < -0.3 is 9.47 Å². The molecule has 0 unspecified atom stereocenters. The van der Waals surface area contributed by atoms with E-state index in [-0.39, 0.29) is 9.26 Å². The number of pyridine rings is 1. The highest BCUT2D eigenvalue weighted by Crippen LogP contribution is 2.29. The molecule has 0 N–H and O–H groups in total. The molecule has 0 saturated heterocycles. The first-order valence-electron chi connectivity index (χ1n) is 4.26. The molecule has 0 aliphatic rings. The summed E-state index contributed by atoms with van der Waals surface area (Å²) in [6, 6.07) is 1.03. The molecule has 0 saturated carbocycles. The Bertz CT molecular complexity index is 448. The van der Waals surface area contributed by atoms with Crippen LogP contribution in [0.25, 0.3) is 0 Å². The fourth-order valence-corrected chi connectivity index (χ4v) is 1.97. The van der Waals surface area contributed by atoms with Gasteiger partial charge in [-0.1, -0.05) is 0 Å². The van der Waals surface area contributed by atoms with Crippen molar-refractivity contribution >= 4 is 28.6 Å². The highest BCUT2D eigenvalue weighted by Gasteiger charge is 2.34. The molecule has 0 aromatic carbocycles. The second-order valence-corrected chi connectivity index (χ2v) is 3.99. The summed E-state index contributed by atoms with van der Waals surface area (Å²) in [6.07, 6.45) is -4.88. The number of esters is 1. The number of aromatic nitrogens is 1. The Kier molecular flexibility index (Phi) is 4.17. The van der Waals surface area contributed by atoms with Crippen molar-refractivity contribution in [3.05, 3.63) is 21.0 Å². The predicted molar refractivity (Wildman–Crippen MR) is 59.7 cm³/mol. The number of carbonyl (C=O) groups is 1. The minimum absolute atomic E-state index is 0.0914. The molecular weight excluding hydrogens is 354 g/mol. The van der Waals surface area contributed by atoms with E-state index in [1.54, 1.807) is 22.6 Å². The van der Waals surface area contributed by atoms with E-state index in [2.05, 4.69) is 14.5 Å². The molecule has 0 radical (unpaired) electrons. The number of alkyl halides is 3. The second-order valence-electron chi connectivity index (χ2n) is 2.97. The van der Waals surface area contributed by atoms with Crippen molar-refractivity contribution < 1.29 is 27.4 Å². The van der Waals surface area contributed by atoms with Gasteiger partial charge in [0.1, 0.15) is 15.0 Å². The van der Waals surface area contributed by atoms with Gasteiger partial charge in [0, 0.05) is 11.8 Å². The fourth-order valence-electron chi connectivity index (χ4n) is 1.10. The standard InChI is InChI=1S/C9H7F3INO3/c1-4-3-5(17-9(10,11)12)6(7(13)14-4)8(15)16-2/h3H,1-2H3. The first-order chi connectivity index (χ1) is 7.74. The van der Waals surface area contributed by atoms with E-state index in [0.29, 0.717) is 5.69 Å². The van der Waals surface area contributed by atoms with Gasteiger partial charge in [-0.15, -0.1) is 13.2 Å². The van der Waals surface area contributed by atoms with Crippen LogP contribution in [0.15, 0.2) is 6.07 Å². The molecule has 0 fully saturated rings. The normalized spacial score (nSPS) is 11.2. The van der Waals surface area contributed by atoms with Crippen molar-refractivity contribution in [3.8, 4) is 5.75 Å². The molecule has 17 heavy (non-hydrogen) atoms. The van der Waals surface area contributed by atoms with E-state index >= 15 is 0 Å². The monoisotopic (exact) mass is 361 g/mol. The molecule has 1 aromatic rings. The first kappa shape index (κ1) is 14.0. The molecule has 8 heteroatoms. The molecule has 0 spiro atoms. The van der Waals surface area contributed by atoms with E-state index in [1.807, 2.05) is 0 Å². The van der Waals surface area contributed by atoms with Gasteiger partial charge in [-0.05, 0) is 29.5 Å². The van der Waals surface area contributed by atoms with E-state index in [4.69, 9.17) is 0 Å². The lowest BCUT2D eigenvalue weighted by Crippen LogP contribution is -2.20. The van der Waals surface area contributed by atoms with Gasteiger partial charge in [0.15, 0.2) is 0 Å². The first-order valence-corrected chi connectivity index (χ1v) is 5.33. The SMILES string of the molecule is COC(=O)c1c(OC(F)(F)F)cc(C)nc1I. The Balaban J connectivity index is 3.30. The lowest BCUT2D eigenvalue weighted by Gasteiger charge is -2.13. The average molecular weight is 361 g/mol. The van der Waals surface area contributed by atoms with Gasteiger partial charge in [-0.3, -0.25) is 0 Å². The number of carbonyl (C=O) groups excluding carboxylic acids is 1. The number of halogens is 4. The van der Waals surface area contributed by atoms with Gasteiger partial charge in [-0.25, -0.2) is 9.78 Å². The maximum Gasteiger partial charge on any atom is 0.573 e. The highest BCUT2D eigenvalue weighted by atomic mass is 127. The zero-order valence-electron chi connectivity index (χ0n) is 8.76. The van der Waals surface area contributed by atoms with E-state index in [0.717, 1.165) is 13.2 Å². The molecule has 0 atom stereocenters. The molecule has 94 valence electrons. The molecule has 0 bridgehead atoms. The summed E-state index contributed by atoms with van der Waals surface area (Å²) >= 11 is 1.64. The van der Waals surface area contributed by atoms with Crippen molar-refractivity contribution in [1.82, 2.24) is 4.98 Å². The maximum atomic E-state index is 12.2. The lowest BCUT2D eigenvalue weighted by molar-refractivity contribution is -0.274. The van der Waals surface area contributed by atoms with Crippen molar-refractivity contribution in [2.75, 3.05) is 7.11 Å². The zero-order chi connectivity index (χ0) is 13.2. The second kappa shape index (κ2) is 5.07. The smallest absolute Gasteiger partial charge is 0.465 e. The Hall–Kier alpha value is -1.06. The predicted octanol–water partition coefficient (Wildman–Crippen LogP) is 2.68. The van der Waals surface area contributed by atoms with Crippen LogP contribution in [0.1, 0.15) is 16.1 Å². The van der Waals surface area contributed by atoms with Crippen LogP contribution in [0, 0.1) is 10.6 Å². The van der Waals surface area contributed by atoms with Crippen LogP contribution in [0.3, 0.4) is 0 Å². The van der Waals surface area contributed by atoms with Gasteiger partial charge in [-0.2, -0.15) is 0 Å². The van der Waals surface area contributed by atoms with Crippen LogP contribution in [-0.4, -0.2) is 24.4 Å². The van der Waals surface area contributed by atoms with E-state index in [1.165, 1.54) is 6.92 Å². The van der Waals surface area contributed by atoms with Gasteiger partial charge >= 0.3 is 12.3 Å². The van der Waals surface area contributed by atoms with Crippen LogP contribution >= 0.6 is 22.6 Å². The van der Waals surface area contributed by atoms with Crippen molar-refractivity contribution in [2.24, 2.45) is 0 Å². The third kappa shape index (κ3) is 3.72. The third-order valence-electron chi connectivity index (χ3n) is 1.68. The summed E-state index contributed by atoms with van der Waals surface area (Å²) in [7, 11) is 1.07. The molecule has 1 aromatic heterocycles. The lowest BCUT2D eigenvalue weighted by atomic mass is 10.2. The quantitative estimate of drug-likeness (QED) is 0.462. The summed E-state index contributed by atoms with van der Waals surface area (Å²) in [5.41, 5.74) is -0.0303. The molecular formula is C9H7F3INO3. The maximum absolute atomic E-state index is 12.2. The minimum atomic E-state index is -4.88. The molecule has 1 heterocycles. The van der Waals surface area contributed by atoms with Gasteiger partial charge in [0.05, 0.1) is 7.11 Å². The summed E-state index contributed by atoms with van der Waals surface area (Å²) in [6.45, 7) is 1.49. The molecule has 1 rings (SSSR count). The van der Waals surface area contributed by atoms with E-state index < -0.39 is 18.1 Å². The average Bonchev–Trinajstić information content (AvgIpc) is 2.13. The van der Waals surface area contributed by atoms with Crippen LogP contribution in [0.5, 0.6) is 5.75 Å². The molecule has 0 aliphatic carbocycles. The van der Waals surface area contributed by atoms with E-state index in [9.17, 15) is 18.0 Å². The van der Waals surface area contributed by atoms with Gasteiger partial charge in [0.2, 0.25) is 0 Å². The zero-order valence-corrected chi connectivity index (χ0v) is 10.9. The number of methoxy groups -OCH3 is 1. The fraction of sp³-hybridized carbons (Fsp3) is 0.333. The number of ether oxygens (including phenoxy) is 2. The van der Waals surface area contributed by atoms with Crippen LogP contribution < -0.4 is 4.74 Å². The number of nitrogens with zero attached hydrogens (tertiary/aromatic N) is 1. The Morgan fingerprint density at radius 1 is 1.47 bits per heavy atom. The number of hydrogen-bond donors (Lipinski definition) is 0. The number of hydrogen-bond acceptors (Lipinski definition) is 4. The van der Waals surface area contributed by atoms with Crippen molar-refractivity contribution in [3.63, 3.8) is 0 Å². The Morgan fingerprint density at radius 3 is 2.53 bits per heavy atom. The van der Waals surface area contributed by atoms with Crippen molar-refractivity contribution in [2.45, 2.75) is 13.3 Å². The summed E-state index contributed by atoms with van der Waals surface area (Å²) in [5, 5.41) is 0. The number of rotatable bonds is 2. The largest absolute Gasteiger partial charge is 0.573 e. The summed E-state index contributed by atoms with van der Waals surface area (Å²) in [4.78, 5) is 15.2. The minimum Gasteiger partial charge on any atom is -0.465 e. The van der Waals surface area contributed by atoms with Crippen LogP contribution in [0.2, 0.25) is 0 Å².